The molecule has 2 aromatic rings. The fourth-order valence-electron chi connectivity index (χ4n) is 1.93. The van der Waals surface area contributed by atoms with E-state index in [2.05, 4.69) is 0 Å². The molecule has 1 atom stereocenters. The van der Waals surface area contributed by atoms with Crippen molar-refractivity contribution < 1.29 is 14.3 Å². The Balaban J connectivity index is 1.73. The summed E-state index contributed by atoms with van der Waals surface area (Å²) in [5, 5.41) is 0. The molecule has 0 aliphatic rings. The summed E-state index contributed by atoms with van der Waals surface area (Å²) in [6.07, 6.45) is -0.187. The minimum absolute atomic E-state index is 0.156. The molecule has 22 heavy (non-hydrogen) atoms. The Morgan fingerprint density at radius 3 is 2.00 bits per heavy atom. The third kappa shape index (κ3) is 5.88. The smallest absolute Gasteiger partial charge is 0.308 e. The molecule has 0 aliphatic heterocycles. The number of rotatable bonds is 8. The summed E-state index contributed by atoms with van der Waals surface area (Å²) in [4.78, 5) is 11.8. The molecule has 2 aromatic carbocycles. The van der Waals surface area contributed by atoms with Crippen LogP contribution in [-0.2, 0) is 27.5 Å². The zero-order valence-corrected chi connectivity index (χ0v) is 13.0. The number of benzene rings is 2. The molecule has 2 rings (SSSR count). The van der Waals surface area contributed by atoms with Gasteiger partial charge in [-0.2, -0.15) is 0 Å². The van der Waals surface area contributed by atoms with Gasteiger partial charge in [-0.15, -0.1) is 11.6 Å². The van der Waals surface area contributed by atoms with E-state index >= 15 is 0 Å². The van der Waals surface area contributed by atoms with E-state index in [1.807, 2.05) is 60.7 Å². The maximum Gasteiger partial charge on any atom is 0.308 e. The second-order valence-corrected chi connectivity index (χ2v) is 5.23. The lowest BCUT2D eigenvalue weighted by Gasteiger charge is -2.14. The van der Waals surface area contributed by atoms with Crippen LogP contribution in [0.1, 0.15) is 17.5 Å². The molecule has 4 heteroatoms. The molecular formula is C18H19ClO3. The van der Waals surface area contributed by atoms with Crippen LogP contribution in [0.15, 0.2) is 60.7 Å². The van der Waals surface area contributed by atoms with E-state index in [-0.39, 0.29) is 31.0 Å². The first kappa shape index (κ1) is 16.5. The summed E-state index contributed by atoms with van der Waals surface area (Å²) in [5.74, 6) is -0.0460. The van der Waals surface area contributed by atoms with Crippen LogP contribution in [0.5, 0.6) is 0 Å². The summed E-state index contributed by atoms with van der Waals surface area (Å²) in [7, 11) is 0. The highest BCUT2D eigenvalue weighted by atomic mass is 35.5. The van der Waals surface area contributed by atoms with Gasteiger partial charge in [0.05, 0.1) is 19.1 Å². The average molecular weight is 319 g/mol. The Morgan fingerprint density at radius 1 is 0.909 bits per heavy atom. The third-order valence-electron chi connectivity index (χ3n) is 3.14. The number of ether oxygens (including phenoxy) is 2. The largest absolute Gasteiger partial charge is 0.461 e. The van der Waals surface area contributed by atoms with Crippen LogP contribution >= 0.6 is 11.6 Å². The van der Waals surface area contributed by atoms with Gasteiger partial charge < -0.3 is 9.47 Å². The molecule has 0 spiro atoms. The topological polar surface area (TPSA) is 35.5 Å². The molecule has 0 fully saturated rings. The number of esters is 1. The normalized spacial score (nSPS) is 11.9. The molecule has 3 nitrogen and oxygen atoms in total. The van der Waals surface area contributed by atoms with Crippen molar-refractivity contribution in [1.29, 1.82) is 0 Å². The molecule has 0 saturated heterocycles. The first-order valence-electron chi connectivity index (χ1n) is 7.19. The minimum atomic E-state index is -0.342. The van der Waals surface area contributed by atoms with Crippen molar-refractivity contribution in [3.8, 4) is 0 Å². The predicted octanol–water partition coefficient (Wildman–Crippen LogP) is 3.94. The Morgan fingerprint density at radius 2 is 1.45 bits per heavy atom. The highest BCUT2D eigenvalue weighted by molar-refractivity contribution is 6.18. The van der Waals surface area contributed by atoms with Gasteiger partial charge in [0.25, 0.3) is 0 Å². The standard InChI is InChI=1S/C18H19ClO3/c19-12-17(21-13-15-7-3-1-4-8-15)11-18(20)22-14-16-9-5-2-6-10-16/h1-10,17H,11-14H2/t17-/m1/s1. The molecule has 0 amide bonds. The molecule has 0 N–H and O–H groups in total. The monoisotopic (exact) mass is 318 g/mol. The lowest BCUT2D eigenvalue weighted by Crippen LogP contribution is -2.21. The Labute approximate surface area is 135 Å². The minimum Gasteiger partial charge on any atom is -0.461 e. The van der Waals surface area contributed by atoms with Gasteiger partial charge in [0.15, 0.2) is 0 Å². The van der Waals surface area contributed by atoms with E-state index in [4.69, 9.17) is 21.1 Å². The van der Waals surface area contributed by atoms with Gasteiger partial charge >= 0.3 is 5.97 Å². The highest BCUT2D eigenvalue weighted by Gasteiger charge is 2.15. The van der Waals surface area contributed by atoms with Crippen molar-refractivity contribution in [2.75, 3.05) is 5.88 Å². The lowest BCUT2D eigenvalue weighted by molar-refractivity contribution is -0.148. The summed E-state index contributed by atoms with van der Waals surface area (Å²) in [6, 6.07) is 19.4. The molecule has 0 saturated carbocycles. The second kappa shape index (κ2) is 9.23. The Bertz CT molecular complexity index is 557. The number of carbonyl (C=O) groups excluding carboxylic acids is 1. The summed E-state index contributed by atoms with van der Waals surface area (Å²) < 4.78 is 10.9. The number of halogens is 1. The number of hydrogen-bond acceptors (Lipinski definition) is 3. The van der Waals surface area contributed by atoms with E-state index in [1.54, 1.807) is 0 Å². The molecule has 0 bridgehead atoms. The molecule has 0 radical (unpaired) electrons. The van der Waals surface area contributed by atoms with Crippen LogP contribution in [0, 0.1) is 0 Å². The van der Waals surface area contributed by atoms with Gasteiger partial charge in [-0.25, -0.2) is 0 Å². The van der Waals surface area contributed by atoms with Crippen LogP contribution in [0.3, 0.4) is 0 Å². The fraction of sp³-hybridized carbons (Fsp3) is 0.278. The lowest BCUT2D eigenvalue weighted by atomic mass is 10.2. The van der Waals surface area contributed by atoms with Gasteiger partial charge in [0.1, 0.15) is 6.61 Å². The Kier molecular flexibility index (Phi) is 6.94. The number of alkyl halides is 1. The third-order valence-corrected chi connectivity index (χ3v) is 3.48. The van der Waals surface area contributed by atoms with E-state index in [0.717, 1.165) is 11.1 Å². The van der Waals surface area contributed by atoms with Crippen molar-refractivity contribution in [3.05, 3.63) is 71.8 Å². The SMILES string of the molecule is O=C(C[C@H](CCl)OCc1ccccc1)OCc1ccccc1. The zero-order chi connectivity index (χ0) is 15.6. The number of carbonyl (C=O) groups is 1. The summed E-state index contributed by atoms with van der Waals surface area (Å²) in [6.45, 7) is 0.706. The van der Waals surface area contributed by atoms with Crippen LogP contribution in [0.4, 0.5) is 0 Å². The van der Waals surface area contributed by atoms with Crippen LogP contribution in [0.2, 0.25) is 0 Å². The molecule has 0 aliphatic carbocycles. The van der Waals surface area contributed by atoms with Gasteiger partial charge in [-0.1, -0.05) is 60.7 Å². The van der Waals surface area contributed by atoms with Crippen molar-refractivity contribution in [3.63, 3.8) is 0 Å². The van der Waals surface area contributed by atoms with Crippen LogP contribution < -0.4 is 0 Å². The van der Waals surface area contributed by atoms with Gasteiger partial charge in [0.2, 0.25) is 0 Å². The number of hydrogen-bond donors (Lipinski definition) is 0. The molecular weight excluding hydrogens is 300 g/mol. The molecule has 0 aromatic heterocycles. The van der Waals surface area contributed by atoms with Gasteiger partial charge in [-0.3, -0.25) is 4.79 Å². The van der Waals surface area contributed by atoms with Crippen LogP contribution in [0.25, 0.3) is 0 Å². The molecule has 0 heterocycles. The van der Waals surface area contributed by atoms with E-state index in [9.17, 15) is 4.79 Å². The fourth-order valence-corrected chi connectivity index (χ4v) is 2.13. The van der Waals surface area contributed by atoms with Crippen molar-refractivity contribution in [2.45, 2.75) is 25.7 Å². The maximum absolute atomic E-state index is 11.8. The second-order valence-electron chi connectivity index (χ2n) is 4.92. The molecule has 116 valence electrons. The van der Waals surface area contributed by atoms with E-state index < -0.39 is 0 Å². The van der Waals surface area contributed by atoms with E-state index in [0.29, 0.717) is 6.61 Å². The maximum atomic E-state index is 11.8. The zero-order valence-electron chi connectivity index (χ0n) is 12.3. The predicted molar refractivity (Wildman–Crippen MR) is 86.6 cm³/mol. The van der Waals surface area contributed by atoms with Gasteiger partial charge in [0, 0.05) is 5.88 Å². The van der Waals surface area contributed by atoms with Gasteiger partial charge in [-0.05, 0) is 11.1 Å². The van der Waals surface area contributed by atoms with Crippen molar-refractivity contribution in [1.82, 2.24) is 0 Å². The first-order valence-corrected chi connectivity index (χ1v) is 7.72. The van der Waals surface area contributed by atoms with Crippen molar-refractivity contribution in [2.24, 2.45) is 0 Å². The summed E-state index contributed by atoms with van der Waals surface area (Å²) >= 11 is 5.86. The first-order chi connectivity index (χ1) is 10.8. The van der Waals surface area contributed by atoms with Crippen LogP contribution in [-0.4, -0.2) is 18.0 Å². The quantitative estimate of drug-likeness (QED) is 0.546. The van der Waals surface area contributed by atoms with Crippen molar-refractivity contribution >= 4 is 17.6 Å². The highest BCUT2D eigenvalue weighted by Crippen LogP contribution is 2.09. The Hall–Kier alpha value is -1.84. The summed E-state index contributed by atoms with van der Waals surface area (Å²) in [5.41, 5.74) is 2.01. The van der Waals surface area contributed by atoms with E-state index in [1.165, 1.54) is 0 Å². The molecule has 0 unspecified atom stereocenters. The average Bonchev–Trinajstić information content (AvgIpc) is 2.58.